The summed E-state index contributed by atoms with van der Waals surface area (Å²) in [6, 6.07) is 16.2. The van der Waals surface area contributed by atoms with Gasteiger partial charge in [-0.1, -0.05) is 23.7 Å². The van der Waals surface area contributed by atoms with Crippen molar-refractivity contribution in [3.8, 4) is 0 Å². The molecule has 9 heteroatoms. The zero-order chi connectivity index (χ0) is 22.0. The maximum absolute atomic E-state index is 12.5. The molecule has 0 aliphatic carbocycles. The zero-order valence-corrected chi connectivity index (χ0v) is 19.8. The Hall–Kier alpha value is -2.45. The Kier molecular flexibility index (Phi) is 7.90. The van der Waals surface area contributed by atoms with E-state index >= 15 is 0 Å². The highest BCUT2D eigenvalue weighted by molar-refractivity contribution is 7.10. The second kappa shape index (κ2) is 10.4. The van der Waals surface area contributed by atoms with Gasteiger partial charge in [0.05, 0.1) is 11.0 Å². The molecule has 1 amide bonds. The second-order valence-electron chi connectivity index (χ2n) is 7.62. The Bertz CT molecular complexity index is 1090. The van der Waals surface area contributed by atoms with E-state index in [4.69, 9.17) is 11.6 Å². The number of rotatable bonds is 6. The molecule has 4 rings (SSSR count). The van der Waals surface area contributed by atoms with Crippen LogP contribution in [0.25, 0.3) is 0 Å². The van der Waals surface area contributed by atoms with Crippen molar-refractivity contribution in [2.75, 3.05) is 13.1 Å². The number of benzene rings is 2. The summed E-state index contributed by atoms with van der Waals surface area (Å²) in [6.07, 6.45) is 0.971. The van der Waals surface area contributed by atoms with E-state index in [-0.39, 0.29) is 30.0 Å². The fourth-order valence-electron chi connectivity index (χ4n) is 4.07. The first-order valence-electron chi connectivity index (χ1n) is 10.0. The predicted octanol–water partition coefficient (Wildman–Crippen LogP) is 5.50. The van der Waals surface area contributed by atoms with Crippen LogP contribution in [0.5, 0.6) is 0 Å². The molecule has 0 radical (unpaired) electrons. The van der Waals surface area contributed by atoms with Crippen LogP contribution in [-0.4, -0.2) is 34.9 Å². The number of nitro groups is 1. The van der Waals surface area contributed by atoms with Crippen LogP contribution in [0.15, 0.2) is 60.0 Å². The van der Waals surface area contributed by atoms with Crippen LogP contribution < -0.4 is 5.32 Å². The number of nitro benzene ring substituents is 1. The van der Waals surface area contributed by atoms with E-state index in [1.807, 2.05) is 12.1 Å². The first-order chi connectivity index (χ1) is 14.9. The monoisotopic (exact) mass is 491 g/mol. The summed E-state index contributed by atoms with van der Waals surface area (Å²) in [4.78, 5) is 26.5. The average molecular weight is 492 g/mol. The highest BCUT2D eigenvalue weighted by atomic mass is 35.5. The summed E-state index contributed by atoms with van der Waals surface area (Å²) in [5.41, 5.74) is 2.94. The number of hydrogen-bond acceptors (Lipinski definition) is 5. The minimum absolute atomic E-state index is 0. The van der Waals surface area contributed by atoms with Crippen molar-refractivity contribution in [3.63, 3.8) is 0 Å². The van der Waals surface area contributed by atoms with Gasteiger partial charge in [-0.05, 0) is 60.2 Å². The number of thiophene rings is 1. The molecule has 2 aromatic carbocycles. The summed E-state index contributed by atoms with van der Waals surface area (Å²) in [7, 11) is 0. The van der Waals surface area contributed by atoms with Gasteiger partial charge in [-0.25, -0.2) is 0 Å². The Morgan fingerprint density at radius 3 is 2.53 bits per heavy atom. The maximum atomic E-state index is 12.5. The van der Waals surface area contributed by atoms with E-state index in [1.165, 1.54) is 40.3 Å². The van der Waals surface area contributed by atoms with E-state index in [2.05, 4.69) is 40.7 Å². The highest BCUT2D eigenvalue weighted by Gasteiger charge is 2.33. The standard InChI is InChI=1S/C23H22ClN3O3S.ClH/c1-15-14-18-10-13-31-22(18)21(16-2-6-19(24)7-3-16)26(15)12-11-25-23(28)17-4-8-20(9-5-17)27(29)30;/h2-10,13,15,21H,11-12,14H2,1H3,(H,25,28);1H. The molecular formula is C23H23Cl2N3O3S. The summed E-state index contributed by atoms with van der Waals surface area (Å²) in [5, 5.41) is 16.6. The molecule has 2 heterocycles. The highest BCUT2D eigenvalue weighted by Crippen LogP contribution is 2.40. The lowest BCUT2D eigenvalue weighted by Gasteiger charge is -2.41. The molecule has 0 bridgehead atoms. The molecule has 6 nitrogen and oxygen atoms in total. The predicted molar refractivity (Wildman–Crippen MR) is 130 cm³/mol. The summed E-state index contributed by atoms with van der Waals surface area (Å²) < 4.78 is 0. The number of nitrogens with one attached hydrogen (secondary N) is 1. The van der Waals surface area contributed by atoms with Gasteiger partial charge in [0.15, 0.2) is 0 Å². The number of hydrogen-bond donors (Lipinski definition) is 1. The molecule has 2 unspecified atom stereocenters. The lowest BCUT2D eigenvalue weighted by Crippen LogP contribution is -2.45. The molecular weight excluding hydrogens is 469 g/mol. The van der Waals surface area contributed by atoms with E-state index in [9.17, 15) is 14.9 Å². The Morgan fingerprint density at radius 2 is 1.88 bits per heavy atom. The summed E-state index contributed by atoms with van der Waals surface area (Å²) >= 11 is 7.86. The first kappa shape index (κ1) is 24.2. The number of halogens is 2. The molecule has 1 aliphatic heterocycles. The number of amides is 1. The van der Waals surface area contributed by atoms with Crippen LogP contribution in [0.2, 0.25) is 5.02 Å². The molecule has 1 aromatic heterocycles. The average Bonchev–Trinajstić information content (AvgIpc) is 3.22. The van der Waals surface area contributed by atoms with Crippen molar-refractivity contribution in [3.05, 3.63) is 96.7 Å². The van der Waals surface area contributed by atoms with E-state index < -0.39 is 4.92 Å². The molecule has 1 aliphatic rings. The van der Waals surface area contributed by atoms with Gasteiger partial charge >= 0.3 is 0 Å². The van der Waals surface area contributed by atoms with Crippen LogP contribution >= 0.6 is 35.3 Å². The van der Waals surface area contributed by atoms with Gasteiger partial charge in [0, 0.05) is 46.7 Å². The van der Waals surface area contributed by atoms with E-state index in [0.29, 0.717) is 29.7 Å². The maximum Gasteiger partial charge on any atom is 0.269 e. The number of nitrogens with zero attached hydrogens (tertiary/aromatic N) is 2. The Balaban J connectivity index is 0.00000289. The third kappa shape index (κ3) is 5.13. The third-order valence-corrected chi connectivity index (χ3v) is 6.89. The molecule has 0 saturated carbocycles. The molecule has 3 aromatic rings. The second-order valence-corrected chi connectivity index (χ2v) is 9.00. The molecule has 0 spiro atoms. The molecule has 1 N–H and O–H groups in total. The van der Waals surface area contributed by atoms with Crippen LogP contribution in [0.4, 0.5) is 5.69 Å². The Morgan fingerprint density at radius 1 is 1.19 bits per heavy atom. The topological polar surface area (TPSA) is 75.5 Å². The minimum atomic E-state index is -0.477. The van der Waals surface area contributed by atoms with Gasteiger partial charge < -0.3 is 5.32 Å². The summed E-state index contributed by atoms with van der Waals surface area (Å²) in [6.45, 7) is 3.37. The van der Waals surface area contributed by atoms with Crippen molar-refractivity contribution < 1.29 is 9.72 Å². The first-order valence-corrected chi connectivity index (χ1v) is 11.3. The molecule has 32 heavy (non-hydrogen) atoms. The van der Waals surface area contributed by atoms with Crippen LogP contribution in [0.3, 0.4) is 0 Å². The number of carbonyl (C=O) groups excluding carboxylic acids is 1. The fourth-order valence-corrected chi connectivity index (χ4v) is 5.28. The quantitative estimate of drug-likeness (QED) is 0.364. The largest absolute Gasteiger partial charge is 0.351 e. The smallest absolute Gasteiger partial charge is 0.269 e. The van der Waals surface area contributed by atoms with E-state index in [0.717, 1.165) is 6.42 Å². The number of carbonyl (C=O) groups is 1. The Labute approximate surface area is 201 Å². The van der Waals surface area contributed by atoms with E-state index in [1.54, 1.807) is 11.3 Å². The van der Waals surface area contributed by atoms with Gasteiger partial charge in [0.2, 0.25) is 0 Å². The molecule has 0 saturated heterocycles. The van der Waals surface area contributed by atoms with Crippen LogP contribution in [0.1, 0.15) is 39.3 Å². The molecule has 0 fully saturated rings. The SMILES string of the molecule is CC1Cc2ccsc2C(c2ccc(Cl)cc2)N1CCNC(=O)c1ccc([N+](=O)[O-])cc1.Cl. The lowest BCUT2D eigenvalue weighted by molar-refractivity contribution is -0.384. The van der Waals surface area contributed by atoms with Gasteiger partial charge in [0.1, 0.15) is 0 Å². The van der Waals surface area contributed by atoms with Crippen molar-refractivity contribution in [2.45, 2.75) is 25.4 Å². The van der Waals surface area contributed by atoms with Gasteiger partial charge in [-0.2, -0.15) is 0 Å². The minimum Gasteiger partial charge on any atom is -0.351 e. The molecule has 2 atom stereocenters. The van der Waals surface area contributed by atoms with Gasteiger partial charge in [0.25, 0.3) is 11.6 Å². The lowest BCUT2D eigenvalue weighted by atomic mass is 9.91. The number of non-ortho nitro benzene ring substituents is 1. The number of fused-ring (bicyclic) bond motifs is 1. The zero-order valence-electron chi connectivity index (χ0n) is 17.4. The van der Waals surface area contributed by atoms with Crippen molar-refractivity contribution in [2.24, 2.45) is 0 Å². The van der Waals surface area contributed by atoms with Crippen molar-refractivity contribution in [1.29, 1.82) is 0 Å². The third-order valence-electron chi connectivity index (χ3n) is 5.62. The normalized spacial score (nSPS) is 17.8. The van der Waals surface area contributed by atoms with Crippen molar-refractivity contribution >= 4 is 46.9 Å². The van der Waals surface area contributed by atoms with Crippen LogP contribution in [-0.2, 0) is 6.42 Å². The molecule has 168 valence electrons. The van der Waals surface area contributed by atoms with Gasteiger partial charge in [-0.3, -0.25) is 19.8 Å². The van der Waals surface area contributed by atoms with Crippen molar-refractivity contribution in [1.82, 2.24) is 10.2 Å². The fraction of sp³-hybridized carbons (Fsp3) is 0.261. The van der Waals surface area contributed by atoms with Gasteiger partial charge in [-0.15, -0.1) is 23.7 Å². The van der Waals surface area contributed by atoms with Crippen LogP contribution in [0, 0.1) is 10.1 Å². The summed E-state index contributed by atoms with van der Waals surface area (Å²) in [5.74, 6) is -0.237.